The molecule has 16 heavy (non-hydrogen) atoms. The van der Waals surface area contributed by atoms with Crippen molar-refractivity contribution in [2.45, 2.75) is 5.75 Å². The summed E-state index contributed by atoms with van der Waals surface area (Å²) in [6, 6.07) is 4.09. The van der Waals surface area contributed by atoms with Gasteiger partial charge in [0.1, 0.15) is 0 Å². The van der Waals surface area contributed by atoms with Crippen LogP contribution in [0.5, 0.6) is 0 Å². The lowest BCUT2D eigenvalue weighted by molar-refractivity contribution is -0.113. The summed E-state index contributed by atoms with van der Waals surface area (Å²) >= 11 is 3.32. The molecule has 0 aliphatic carbocycles. The van der Waals surface area contributed by atoms with Gasteiger partial charge in [-0.1, -0.05) is 6.07 Å². The predicted molar refractivity (Wildman–Crippen MR) is 67.7 cm³/mol. The highest BCUT2D eigenvalue weighted by Crippen LogP contribution is 2.17. The Bertz CT molecular complexity index is 425. The van der Waals surface area contributed by atoms with Crippen LogP contribution in [0.2, 0.25) is 0 Å². The van der Waals surface area contributed by atoms with Crippen LogP contribution in [0.3, 0.4) is 0 Å². The Kier molecular flexibility index (Phi) is 4.01. The molecule has 2 aromatic heterocycles. The molecule has 0 aliphatic rings. The summed E-state index contributed by atoms with van der Waals surface area (Å²) in [5, 5.41) is 11.2. The third kappa shape index (κ3) is 3.39. The molecule has 0 spiro atoms. The summed E-state index contributed by atoms with van der Waals surface area (Å²) < 4.78 is 0. The standard InChI is InChI=1S/C10H11N3OS2/c14-10(13-8-4-11-12-5-8)7-15-6-9-2-1-3-16-9/h1-5H,6-7H2,(H,11,12)(H,13,14). The Balaban J connectivity index is 1.68. The molecule has 2 rings (SSSR count). The van der Waals surface area contributed by atoms with Crippen molar-refractivity contribution >= 4 is 34.7 Å². The van der Waals surface area contributed by atoms with Crippen molar-refractivity contribution in [3.8, 4) is 0 Å². The van der Waals surface area contributed by atoms with Crippen molar-refractivity contribution < 1.29 is 4.79 Å². The van der Waals surface area contributed by atoms with Gasteiger partial charge in [0.25, 0.3) is 0 Å². The van der Waals surface area contributed by atoms with Crippen LogP contribution >= 0.6 is 23.1 Å². The average molecular weight is 253 g/mol. The van der Waals surface area contributed by atoms with Crippen LogP contribution in [-0.2, 0) is 10.5 Å². The van der Waals surface area contributed by atoms with Crippen LogP contribution in [0.25, 0.3) is 0 Å². The maximum absolute atomic E-state index is 11.5. The molecular weight excluding hydrogens is 242 g/mol. The van der Waals surface area contributed by atoms with Gasteiger partial charge in [-0.15, -0.1) is 23.1 Å². The van der Waals surface area contributed by atoms with Gasteiger partial charge in [0.05, 0.1) is 17.6 Å². The number of amides is 1. The van der Waals surface area contributed by atoms with Gasteiger partial charge < -0.3 is 5.32 Å². The van der Waals surface area contributed by atoms with Gasteiger partial charge in [0, 0.05) is 16.8 Å². The first-order valence-electron chi connectivity index (χ1n) is 4.73. The molecule has 0 aromatic carbocycles. The number of carbonyl (C=O) groups is 1. The Labute approximate surface area is 101 Å². The number of thioether (sulfide) groups is 1. The predicted octanol–water partition coefficient (Wildman–Crippen LogP) is 2.34. The molecule has 0 unspecified atom stereocenters. The van der Waals surface area contributed by atoms with Crippen molar-refractivity contribution in [3.05, 3.63) is 34.8 Å². The highest BCUT2D eigenvalue weighted by molar-refractivity contribution is 7.99. The maximum atomic E-state index is 11.5. The lowest BCUT2D eigenvalue weighted by atomic mass is 10.5. The first-order valence-corrected chi connectivity index (χ1v) is 6.77. The van der Waals surface area contributed by atoms with Crippen LogP contribution in [0, 0.1) is 0 Å². The number of thiophene rings is 1. The summed E-state index contributed by atoms with van der Waals surface area (Å²) in [7, 11) is 0. The second-order valence-corrected chi connectivity index (χ2v) is 5.13. The first kappa shape index (κ1) is 11.2. The summed E-state index contributed by atoms with van der Waals surface area (Å²) in [6.07, 6.45) is 3.24. The molecule has 2 aromatic rings. The molecule has 0 bridgehead atoms. The van der Waals surface area contributed by atoms with Gasteiger partial charge in [0.2, 0.25) is 5.91 Å². The van der Waals surface area contributed by atoms with Crippen LogP contribution in [0.15, 0.2) is 29.9 Å². The third-order valence-corrected chi connectivity index (χ3v) is 3.88. The minimum atomic E-state index is 0.00274. The molecule has 4 nitrogen and oxygen atoms in total. The Morgan fingerprint density at radius 3 is 3.25 bits per heavy atom. The van der Waals surface area contributed by atoms with Crippen molar-refractivity contribution in [2.75, 3.05) is 11.1 Å². The van der Waals surface area contributed by atoms with Crippen LogP contribution < -0.4 is 5.32 Å². The van der Waals surface area contributed by atoms with Crippen molar-refractivity contribution in [3.63, 3.8) is 0 Å². The zero-order valence-electron chi connectivity index (χ0n) is 8.47. The number of aromatic nitrogens is 2. The Morgan fingerprint density at radius 1 is 1.62 bits per heavy atom. The van der Waals surface area contributed by atoms with Crippen molar-refractivity contribution in [1.82, 2.24) is 10.2 Å². The second kappa shape index (κ2) is 5.72. The third-order valence-electron chi connectivity index (χ3n) is 1.84. The van der Waals surface area contributed by atoms with Crippen LogP contribution in [-0.4, -0.2) is 21.9 Å². The van der Waals surface area contributed by atoms with E-state index in [9.17, 15) is 4.79 Å². The molecule has 0 saturated carbocycles. The largest absolute Gasteiger partial charge is 0.323 e. The molecule has 2 N–H and O–H groups in total. The summed E-state index contributed by atoms with van der Waals surface area (Å²) in [5.74, 6) is 1.35. The number of rotatable bonds is 5. The molecule has 0 saturated heterocycles. The average Bonchev–Trinajstić information content (AvgIpc) is 2.90. The van der Waals surface area contributed by atoms with E-state index in [2.05, 4.69) is 21.6 Å². The fourth-order valence-corrected chi connectivity index (χ4v) is 2.82. The van der Waals surface area contributed by atoms with E-state index in [4.69, 9.17) is 0 Å². The van der Waals surface area contributed by atoms with E-state index >= 15 is 0 Å². The number of aromatic amines is 1. The highest BCUT2D eigenvalue weighted by Gasteiger charge is 2.03. The van der Waals surface area contributed by atoms with E-state index in [0.717, 1.165) is 5.75 Å². The van der Waals surface area contributed by atoms with Gasteiger partial charge in [-0.05, 0) is 11.4 Å². The van der Waals surface area contributed by atoms with Gasteiger partial charge in [-0.3, -0.25) is 9.89 Å². The van der Waals surface area contributed by atoms with Gasteiger partial charge in [-0.25, -0.2) is 0 Å². The topological polar surface area (TPSA) is 57.8 Å². The molecule has 0 fully saturated rings. The molecule has 0 atom stereocenters. The smallest absolute Gasteiger partial charge is 0.234 e. The van der Waals surface area contributed by atoms with Crippen molar-refractivity contribution in [2.24, 2.45) is 0 Å². The lowest BCUT2D eigenvalue weighted by Gasteiger charge is -2.01. The minimum Gasteiger partial charge on any atom is -0.323 e. The summed E-state index contributed by atoms with van der Waals surface area (Å²) in [6.45, 7) is 0. The Morgan fingerprint density at radius 2 is 2.56 bits per heavy atom. The molecular formula is C10H11N3OS2. The normalized spacial score (nSPS) is 10.2. The second-order valence-electron chi connectivity index (χ2n) is 3.11. The zero-order valence-corrected chi connectivity index (χ0v) is 10.1. The Hall–Kier alpha value is -1.27. The summed E-state index contributed by atoms with van der Waals surface area (Å²) in [4.78, 5) is 12.8. The number of carbonyl (C=O) groups excluding carboxylic acids is 1. The number of H-pyrrole nitrogens is 1. The molecule has 1 amide bonds. The maximum Gasteiger partial charge on any atom is 0.234 e. The molecule has 2 heterocycles. The fourth-order valence-electron chi connectivity index (χ4n) is 1.16. The minimum absolute atomic E-state index is 0.00274. The number of nitrogens with zero attached hydrogens (tertiary/aromatic N) is 1. The number of nitrogens with one attached hydrogen (secondary N) is 2. The number of hydrogen-bond acceptors (Lipinski definition) is 4. The van der Waals surface area contributed by atoms with Gasteiger partial charge in [-0.2, -0.15) is 5.10 Å². The number of hydrogen-bond donors (Lipinski definition) is 2. The highest BCUT2D eigenvalue weighted by atomic mass is 32.2. The zero-order chi connectivity index (χ0) is 11.2. The van der Waals surface area contributed by atoms with Crippen molar-refractivity contribution in [1.29, 1.82) is 0 Å². The monoisotopic (exact) mass is 253 g/mol. The molecule has 0 radical (unpaired) electrons. The summed E-state index contributed by atoms with van der Waals surface area (Å²) in [5.41, 5.74) is 0.710. The number of anilines is 1. The van der Waals surface area contributed by atoms with Crippen LogP contribution in [0.4, 0.5) is 5.69 Å². The molecule has 0 aliphatic heterocycles. The molecule has 84 valence electrons. The quantitative estimate of drug-likeness (QED) is 0.860. The van der Waals surface area contributed by atoms with Gasteiger partial charge >= 0.3 is 0 Å². The van der Waals surface area contributed by atoms with E-state index in [0.29, 0.717) is 11.4 Å². The van der Waals surface area contributed by atoms with Crippen LogP contribution in [0.1, 0.15) is 4.88 Å². The molecule has 6 heteroatoms. The lowest BCUT2D eigenvalue weighted by Crippen LogP contribution is -2.13. The van der Waals surface area contributed by atoms with E-state index in [-0.39, 0.29) is 5.91 Å². The van der Waals surface area contributed by atoms with E-state index in [1.54, 1.807) is 35.5 Å². The first-order chi connectivity index (χ1) is 7.84. The van der Waals surface area contributed by atoms with E-state index < -0.39 is 0 Å². The van der Waals surface area contributed by atoms with E-state index in [1.165, 1.54) is 4.88 Å². The van der Waals surface area contributed by atoms with Gasteiger partial charge in [0.15, 0.2) is 0 Å². The van der Waals surface area contributed by atoms with E-state index in [1.807, 2.05) is 11.4 Å². The fraction of sp³-hybridized carbons (Fsp3) is 0.200. The SMILES string of the molecule is O=C(CSCc1cccs1)Nc1cn[nH]c1.